The third-order valence-corrected chi connectivity index (χ3v) is 4.39. The number of rotatable bonds is 6. The number of carboxylic acid groups (broad SMARTS) is 2. The van der Waals surface area contributed by atoms with E-state index in [4.69, 9.17) is 5.11 Å². The lowest BCUT2D eigenvalue weighted by molar-refractivity contribution is -0.143. The zero-order chi connectivity index (χ0) is 18.7. The number of fused-ring (bicyclic) bond motifs is 1. The van der Waals surface area contributed by atoms with E-state index in [1.54, 1.807) is 24.4 Å². The first-order valence-electron chi connectivity index (χ1n) is 8.25. The molecule has 0 saturated carbocycles. The van der Waals surface area contributed by atoms with Crippen molar-refractivity contribution < 1.29 is 24.6 Å². The predicted octanol–water partition coefficient (Wildman–Crippen LogP) is 1.97. The second-order valence-electron chi connectivity index (χ2n) is 6.15. The number of aliphatic carboxylic acids is 2. The molecule has 0 bridgehead atoms. The van der Waals surface area contributed by atoms with Crippen molar-refractivity contribution in [3.63, 3.8) is 0 Å². The molecule has 1 fully saturated rings. The van der Waals surface area contributed by atoms with Crippen LogP contribution in [0.4, 0.5) is 5.69 Å². The van der Waals surface area contributed by atoms with E-state index in [1.165, 1.54) is 0 Å². The highest BCUT2D eigenvalue weighted by Gasteiger charge is 2.31. The quantitative estimate of drug-likeness (QED) is 0.586. The van der Waals surface area contributed by atoms with Crippen LogP contribution in [-0.2, 0) is 14.4 Å². The maximum atomic E-state index is 11.8. The topological polar surface area (TPSA) is 123 Å². The molecule has 3 rings (SSSR count). The van der Waals surface area contributed by atoms with Crippen LogP contribution < -0.4 is 5.32 Å². The lowest BCUT2D eigenvalue weighted by atomic mass is 10.0. The Kier molecular flexibility index (Phi) is 5.04. The largest absolute Gasteiger partial charge is 0.480 e. The van der Waals surface area contributed by atoms with Gasteiger partial charge < -0.3 is 20.5 Å². The van der Waals surface area contributed by atoms with Crippen molar-refractivity contribution in [2.24, 2.45) is 0 Å². The minimum absolute atomic E-state index is 0.485. The standard InChI is InChI=1S/C18H19N3O5/c22-15(5-6-16(23)24)20-11-3-4-12-13(10-19-14(12)9-11)17(18(25)26)21-7-1-2-8-21/h3-6,9-10,17,19H,1-2,7-8H2,(H,20,22)(H,23,24)(H,25,26)/b6-5+/t17-/m1/s1. The summed E-state index contributed by atoms with van der Waals surface area (Å²) in [5, 5.41) is 21.6. The van der Waals surface area contributed by atoms with Gasteiger partial charge in [-0.3, -0.25) is 14.5 Å². The third kappa shape index (κ3) is 3.75. The minimum atomic E-state index is -1.20. The van der Waals surface area contributed by atoms with Crippen LogP contribution in [0.2, 0.25) is 0 Å². The average Bonchev–Trinajstić information content (AvgIpc) is 3.23. The van der Waals surface area contributed by atoms with Gasteiger partial charge in [0.05, 0.1) is 0 Å². The fourth-order valence-electron chi connectivity index (χ4n) is 3.27. The summed E-state index contributed by atoms with van der Waals surface area (Å²) in [6.45, 7) is 1.52. The normalized spacial score (nSPS) is 16.2. The highest BCUT2D eigenvalue weighted by molar-refractivity contribution is 6.03. The molecule has 0 spiro atoms. The fourth-order valence-corrected chi connectivity index (χ4v) is 3.27. The number of aromatic nitrogens is 1. The SMILES string of the molecule is O=C(O)/C=C/C(=O)Nc1ccc2c([C@H](C(=O)O)N3CCCC3)c[nH]c2c1. The summed E-state index contributed by atoms with van der Waals surface area (Å²) in [6, 6.07) is 4.40. The van der Waals surface area contributed by atoms with E-state index >= 15 is 0 Å². The lowest BCUT2D eigenvalue weighted by Crippen LogP contribution is -2.31. The molecule has 1 aliphatic rings. The summed E-state index contributed by atoms with van der Waals surface area (Å²) >= 11 is 0. The van der Waals surface area contributed by atoms with E-state index < -0.39 is 23.9 Å². The van der Waals surface area contributed by atoms with Crippen LogP contribution >= 0.6 is 0 Å². The van der Waals surface area contributed by atoms with Crippen molar-refractivity contribution in [3.05, 3.63) is 42.1 Å². The van der Waals surface area contributed by atoms with Crippen LogP contribution in [0.5, 0.6) is 0 Å². The number of nitrogens with zero attached hydrogens (tertiary/aromatic N) is 1. The maximum Gasteiger partial charge on any atom is 0.328 e. The number of carboxylic acids is 2. The van der Waals surface area contributed by atoms with E-state index in [1.807, 2.05) is 4.90 Å². The Balaban J connectivity index is 1.85. The van der Waals surface area contributed by atoms with Gasteiger partial charge in [-0.2, -0.15) is 0 Å². The van der Waals surface area contributed by atoms with Crippen molar-refractivity contribution in [1.29, 1.82) is 0 Å². The van der Waals surface area contributed by atoms with Gasteiger partial charge in [0.25, 0.3) is 0 Å². The molecule has 2 heterocycles. The molecule has 4 N–H and O–H groups in total. The number of nitrogens with one attached hydrogen (secondary N) is 2. The lowest BCUT2D eigenvalue weighted by Gasteiger charge is -2.23. The molecule has 8 nitrogen and oxygen atoms in total. The van der Waals surface area contributed by atoms with Gasteiger partial charge >= 0.3 is 11.9 Å². The number of amides is 1. The van der Waals surface area contributed by atoms with Gasteiger partial charge in [0.2, 0.25) is 5.91 Å². The van der Waals surface area contributed by atoms with Crippen LogP contribution in [0.3, 0.4) is 0 Å². The molecular weight excluding hydrogens is 338 g/mol. The number of H-pyrrole nitrogens is 1. The first-order chi connectivity index (χ1) is 12.5. The van der Waals surface area contributed by atoms with E-state index in [2.05, 4.69) is 10.3 Å². The van der Waals surface area contributed by atoms with E-state index in [-0.39, 0.29) is 0 Å². The summed E-state index contributed by atoms with van der Waals surface area (Å²) in [5.41, 5.74) is 1.88. The molecular formula is C18H19N3O5. The molecule has 1 atom stereocenters. The minimum Gasteiger partial charge on any atom is -0.480 e. The monoisotopic (exact) mass is 357 g/mol. The Morgan fingerprint density at radius 3 is 2.54 bits per heavy atom. The number of carbonyl (C=O) groups is 3. The smallest absolute Gasteiger partial charge is 0.328 e. The molecule has 0 aliphatic carbocycles. The summed E-state index contributed by atoms with van der Waals surface area (Å²) in [6.07, 6.45) is 5.37. The molecule has 1 aliphatic heterocycles. The molecule has 0 radical (unpaired) electrons. The Labute approximate surface area is 149 Å². The van der Waals surface area contributed by atoms with Crippen LogP contribution in [0.25, 0.3) is 10.9 Å². The highest BCUT2D eigenvalue weighted by Crippen LogP contribution is 2.32. The summed E-state index contributed by atoms with van der Waals surface area (Å²) < 4.78 is 0. The van der Waals surface area contributed by atoms with Crippen LogP contribution in [0, 0.1) is 0 Å². The van der Waals surface area contributed by atoms with Gasteiger partial charge in [0.15, 0.2) is 0 Å². The first-order valence-corrected chi connectivity index (χ1v) is 8.25. The number of benzene rings is 1. The first kappa shape index (κ1) is 17.7. The maximum absolute atomic E-state index is 11.8. The van der Waals surface area contributed by atoms with Crippen molar-refractivity contribution in [2.75, 3.05) is 18.4 Å². The molecule has 1 aromatic carbocycles. The Hall–Kier alpha value is -3.13. The van der Waals surface area contributed by atoms with Gasteiger partial charge in [-0.05, 0) is 38.1 Å². The molecule has 2 aromatic rings. The summed E-state index contributed by atoms with van der Waals surface area (Å²) in [4.78, 5) is 38.9. The Morgan fingerprint density at radius 1 is 1.15 bits per heavy atom. The zero-order valence-corrected chi connectivity index (χ0v) is 13.9. The molecule has 1 amide bonds. The number of carbonyl (C=O) groups excluding carboxylic acids is 1. The van der Waals surface area contributed by atoms with Gasteiger partial charge in [-0.15, -0.1) is 0 Å². The number of hydrogen-bond acceptors (Lipinski definition) is 4. The van der Waals surface area contributed by atoms with E-state index in [9.17, 15) is 19.5 Å². The molecule has 0 unspecified atom stereocenters. The van der Waals surface area contributed by atoms with Gasteiger partial charge in [-0.25, -0.2) is 4.79 Å². The fraction of sp³-hybridized carbons (Fsp3) is 0.278. The molecule has 1 saturated heterocycles. The highest BCUT2D eigenvalue weighted by atomic mass is 16.4. The number of anilines is 1. The van der Waals surface area contributed by atoms with E-state index in [0.29, 0.717) is 16.8 Å². The van der Waals surface area contributed by atoms with Crippen LogP contribution in [0.1, 0.15) is 24.4 Å². The average molecular weight is 357 g/mol. The third-order valence-electron chi connectivity index (χ3n) is 4.39. The van der Waals surface area contributed by atoms with Gasteiger partial charge in [0.1, 0.15) is 6.04 Å². The van der Waals surface area contributed by atoms with Crippen LogP contribution in [-0.4, -0.2) is 51.0 Å². The number of hydrogen-bond donors (Lipinski definition) is 4. The molecule has 26 heavy (non-hydrogen) atoms. The summed E-state index contributed by atoms with van der Waals surface area (Å²) in [7, 11) is 0. The number of aromatic amines is 1. The Morgan fingerprint density at radius 2 is 1.88 bits per heavy atom. The van der Waals surface area contributed by atoms with Crippen molar-refractivity contribution in [3.8, 4) is 0 Å². The molecule has 1 aromatic heterocycles. The summed E-state index contributed by atoms with van der Waals surface area (Å²) in [5.74, 6) is -2.64. The second kappa shape index (κ2) is 7.40. The van der Waals surface area contributed by atoms with E-state index in [0.717, 1.165) is 43.5 Å². The second-order valence-corrected chi connectivity index (χ2v) is 6.15. The molecule has 8 heteroatoms. The zero-order valence-electron chi connectivity index (χ0n) is 13.9. The van der Waals surface area contributed by atoms with Gasteiger partial charge in [0, 0.05) is 40.5 Å². The Bertz CT molecular complexity index is 880. The van der Waals surface area contributed by atoms with Crippen LogP contribution in [0.15, 0.2) is 36.5 Å². The predicted molar refractivity (Wildman–Crippen MR) is 94.9 cm³/mol. The number of likely N-dealkylation sites (tertiary alicyclic amines) is 1. The van der Waals surface area contributed by atoms with Crippen molar-refractivity contribution >= 4 is 34.4 Å². The molecule has 136 valence electrons. The van der Waals surface area contributed by atoms with Gasteiger partial charge in [-0.1, -0.05) is 6.07 Å². The van der Waals surface area contributed by atoms with Crippen molar-refractivity contribution in [2.45, 2.75) is 18.9 Å². The van der Waals surface area contributed by atoms with Crippen molar-refractivity contribution in [1.82, 2.24) is 9.88 Å².